The molecule has 0 N–H and O–H groups in total. The highest BCUT2D eigenvalue weighted by Crippen LogP contribution is 2.32. The number of piperidine rings is 1. The molecule has 1 atom stereocenters. The Bertz CT molecular complexity index is 617. The summed E-state index contributed by atoms with van der Waals surface area (Å²) in [5.74, 6) is 1.42. The molecule has 0 radical (unpaired) electrons. The minimum Gasteiger partial charge on any atom is -0.381 e. The average molecular weight is 358 g/mol. The van der Waals surface area contributed by atoms with Crippen LogP contribution in [0.15, 0.2) is 24.4 Å². The number of hydrogen-bond acceptors (Lipinski definition) is 5. The van der Waals surface area contributed by atoms with Gasteiger partial charge in [-0.3, -0.25) is 9.69 Å². The third-order valence-corrected chi connectivity index (χ3v) is 6.48. The Hall–Kier alpha value is -1.66. The van der Waals surface area contributed by atoms with Crippen molar-refractivity contribution in [3.63, 3.8) is 0 Å². The van der Waals surface area contributed by atoms with Gasteiger partial charge < -0.3 is 14.5 Å². The Morgan fingerprint density at radius 2 is 2.08 bits per heavy atom. The van der Waals surface area contributed by atoms with Gasteiger partial charge >= 0.3 is 0 Å². The molecule has 3 fully saturated rings. The number of ether oxygens (including phenoxy) is 1. The van der Waals surface area contributed by atoms with Crippen LogP contribution in [-0.2, 0) is 9.53 Å². The Morgan fingerprint density at radius 3 is 2.85 bits per heavy atom. The van der Waals surface area contributed by atoms with Gasteiger partial charge in [-0.25, -0.2) is 4.98 Å². The number of amides is 1. The first-order valence-electron chi connectivity index (χ1n) is 9.92. The van der Waals surface area contributed by atoms with Crippen LogP contribution >= 0.6 is 0 Å². The molecule has 3 aliphatic heterocycles. The summed E-state index contributed by atoms with van der Waals surface area (Å²) in [5.41, 5.74) is 0.113. The summed E-state index contributed by atoms with van der Waals surface area (Å²) in [4.78, 5) is 24.6. The second-order valence-electron chi connectivity index (χ2n) is 7.99. The van der Waals surface area contributed by atoms with Crippen LogP contribution in [0.5, 0.6) is 0 Å². The number of hydrogen-bond donors (Lipinski definition) is 0. The van der Waals surface area contributed by atoms with E-state index < -0.39 is 0 Å². The molecule has 1 aromatic rings. The molecule has 4 heterocycles. The topological polar surface area (TPSA) is 48.9 Å². The SMILES string of the molecule is CN1CCN(C(=O)C2CCCN(c3ccccn3)C2)CC12CCOCC2. The van der Waals surface area contributed by atoms with Crippen molar-refractivity contribution in [2.45, 2.75) is 31.2 Å². The number of likely N-dealkylation sites (N-methyl/N-ethyl adjacent to an activating group) is 1. The largest absolute Gasteiger partial charge is 0.381 e. The van der Waals surface area contributed by atoms with Crippen molar-refractivity contribution in [2.24, 2.45) is 5.92 Å². The molecule has 6 nitrogen and oxygen atoms in total. The van der Waals surface area contributed by atoms with E-state index in [1.165, 1.54) is 0 Å². The van der Waals surface area contributed by atoms with Crippen LogP contribution in [0, 0.1) is 5.92 Å². The van der Waals surface area contributed by atoms with Gasteiger partial charge in [0.1, 0.15) is 5.82 Å². The molecule has 3 saturated heterocycles. The van der Waals surface area contributed by atoms with Gasteiger partial charge in [0.05, 0.1) is 5.92 Å². The number of rotatable bonds is 2. The fourth-order valence-electron chi connectivity index (χ4n) is 4.73. The van der Waals surface area contributed by atoms with Crippen LogP contribution < -0.4 is 4.90 Å². The van der Waals surface area contributed by atoms with Crippen molar-refractivity contribution in [3.8, 4) is 0 Å². The number of aromatic nitrogens is 1. The number of nitrogens with zero attached hydrogens (tertiary/aromatic N) is 4. The third kappa shape index (κ3) is 3.45. The van der Waals surface area contributed by atoms with Gasteiger partial charge in [0.25, 0.3) is 0 Å². The summed E-state index contributed by atoms with van der Waals surface area (Å²) in [6.07, 6.45) is 5.93. The lowest BCUT2D eigenvalue weighted by atomic mass is 9.85. The second-order valence-corrected chi connectivity index (χ2v) is 7.99. The first-order chi connectivity index (χ1) is 12.7. The van der Waals surface area contributed by atoms with E-state index in [4.69, 9.17) is 4.74 Å². The molecule has 0 saturated carbocycles. The normalized spacial score (nSPS) is 26.9. The summed E-state index contributed by atoms with van der Waals surface area (Å²) in [6, 6.07) is 6.00. The minimum absolute atomic E-state index is 0.0889. The number of anilines is 1. The molecule has 0 aromatic carbocycles. The highest BCUT2D eigenvalue weighted by atomic mass is 16.5. The Morgan fingerprint density at radius 1 is 1.23 bits per heavy atom. The minimum atomic E-state index is 0.0889. The lowest BCUT2D eigenvalue weighted by Gasteiger charge is -2.52. The molecule has 26 heavy (non-hydrogen) atoms. The monoisotopic (exact) mass is 358 g/mol. The molecule has 142 valence electrons. The van der Waals surface area contributed by atoms with E-state index in [-0.39, 0.29) is 11.5 Å². The highest BCUT2D eigenvalue weighted by molar-refractivity contribution is 5.80. The van der Waals surface area contributed by atoms with E-state index >= 15 is 0 Å². The summed E-state index contributed by atoms with van der Waals surface area (Å²) in [5, 5.41) is 0. The lowest BCUT2D eigenvalue weighted by molar-refractivity contribution is -0.144. The first-order valence-corrected chi connectivity index (χ1v) is 9.92. The zero-order valence-electron chi connectivity index (χ0n) is 15.8. The fraction of sp³-hybridized carbons (Fsp3) is 0.700. The molecule has 6 heteroatoms. The third-order valence-electron chi connectivity index (χ3n) is 6.48. The average Bonchev–Trinajstić information content (AvgIpc) is 2.71. The zero-order valence-corrected chi connectivity index (χ0v) is 15.8. The van der Waals surface area contributed by atoms with Gasteiger partial charge in [-0.2, -0.15) is 0 Å². The van der Waals surface area contributed by atoms with E-state index in [1.54, 1.807) is 0 Å². The summed E-state index contributed by atoms with van der Waals surface area (Å²) in [6.45, 7) is 6.06. The molecule has 0 bridgehead atoms. The summed E-state index contributed by atoms with van der Waals surface area (Å²) < 4.78 is 5.58. The molecular formula is C20H30N4O2. The number of pyridine rings is 1. The zero-order chi connectivity index (χ0) is 18.0. The van der Waals surface area contributed by atoms with Crippen LogP contribution in [-0.4, -0.2) is 79.2 Å². The Labute approximate surface area is 156 Å². The Balaban J connectivity index is 1.43. The van der Waals surface area contributed by atoms with E-state index in [0.29, 0.717) is 5.91 Å². The van der Waals surface area contributed by atoms with Gasteiger partial charge in [0, 0.05) is 57.7 Å². The van der Waals surface area contributed by atoms with Crippen LogP contribution in [0.25, 0.3) is 0 Å². The van der Waals surface area contributed by atoms with Gasteiger partial charge in [-0.15, -0.1) is 0 Å². The molecule has 0 aliphatic carbocycles. The molecule has 1 aromatic heterocycles. The second kappa shape index (κ2) is 7.53. The van der Waals surface area contributed by atoms with E-state index in [0.717, 1.165) is 77.4 Å². The van der Waals surface area contributed by atoms with Crippen molar-refractivity contribution in [3.05, 3.63) is 24.4 Å². The van der Waals surface area contributed by atoms with Gasteiger partial charge in [-0.1, -0.05) is 6.07 Å². The van der Waals surface area contributed by atoms with Crippen molar-refractivity contribution >= 4 is 11.7 Å². The Kier molecular flexibility index (Phi) is 5.14. The molecule has 1 amide bonds. The van der Waals surface area contributed by atoms with Crippen molar-refractivity contribution in [2.75, 3.05) is 57.9 Å². The van der Waals surface area contributed by atoms with E-state index in [1.807, 2.05) is 24.4 Å². The predicted molar refractivity (Wildman–Crippen MR) is 101 cm³/mol. The molecule has 1 unspecified atom stereocenters. The summed E-state index contributed by atoms with van der Waals surface area (Å²) >= 11 is 0. The van der Waals surface area contributed by atoms with Crippen LogP contribution in [0.3, 0.4) is 0 Å². The maximum Gasteiger partial charge on any atom is 0.227 e. The van der Waals surface area contributed by atoms with Crippen molar-refractivity contribution < 1.29 is 9.53 Å². The van der Waals surface area contributed by atoms with E-state index in [2.05, 4.69) is 26.7 Å². The van der Waals surface area contributed by atoms with Crippen LogP contribution in [0.1, 0.15) is 25.7 Å². The molecule has 4 rings (SSSR count). The molecule has 1 spiro atoms. The predicted octanol–water partition coefficient (Wildman–Crippen LogP) is 1.62. The highest BCUT2D eigenvalue weighted by Gasteiger charge is 2.43. The van der Waals surface area contributed by atoms with Gasteiger partial charge in [-0.05, 0) is 44.9 Å². The first kappa shape index (κ1) is 17.7. The van der Waals surface area contributed by atoms with Gasteiger partial charge in [0.2, 0.25) is 5.91 Å². The fourth-order valence-corrected chi connectivity index (χ4v) is 4.73. The van der Waals surface area contributed by atoms with Crippen molar-refractivity contribution in [1.29, 1.82) is 0 Å². The van der Waals surface area contributed by atoms with Crippen LogP contribution in [0.4, 0.5) is 5.82 Å². The van der Waals surface area contributed by atoms with Crippen molar-refractivity contribution in [1.82, 2.24) is 14.8 Å². The standard InChI is InChI=1S/C20H30N4O2/c1-22-11-12-24(16-20(22)7-13-26-14-8-20)19(25)17-5-4-10-23(15-17)18-6-2-3-9-21-18/h2-3,6,9,17H,4-5,7-8,10-16H2,1H3. The number of carbonyl (C=O) groups excluding carboxylic acids is 1. The van der Waals surface area contributed by atoms with Gasteiger partial charge in [0.15, 0.2) is 0 Å². The van der Waals surface area contributed by atoms with E-state index in [9.17, 15) is 4.79 Å². The number of piperazine rings is 1. The maximum atomic E-state index is 13.3. The molecular weight excluding hydrogens is 328 g/mol. The maximum absolute atomic E-state index is 13.3. The number of carbonyl (C=O) groups is 1. The smallest absolute Gasteiger partial charge is 0.227 e. The van der Waals surface area contributed by atoms with Crippen LogP contribution in [0.2, 0.25) is 0 Å². The quantitative estimate of drug-likeness (QED) is 0.804. The lowest BCUT2D eigenvalue weighted by Crippen LogP contribution is -2.64. The molecule has 3 aliphatic rings. The summed E-state index contributed by atoms with van der Waals surface area (Å²) in [7, 11) is 2.20.